The van der Waals surface area contributed by atoms with Gasteiger partial charge in [0, 0.05) is 18.3 Å². The fraction of sp³-hybridized carbons (Fsp3) is 0.250. The first kappa shape index (κ1) is 11.8. The van der Waals surface area contributed by atoms with Gasteiger partial charge in [-0.1, -0.05) is 19.9 Å². The average Bonchev–Trinajstić information content (AvgIpc) is 2.28. The third-order valence-electron chi connectivity index (χ3n) is 2.37. The van der Waals surface area contributed by atoms with Gasteiger partial charge in [-0.05, 0) is 23.6 Å². The van der Waals surface area contributed by atoms with E-state index in [2.05, 4.69) is 9.97 Å². The molecule has 0 atom stereocenters. The molecule has 0 aromatic carbocycles. The van der Waals surface area contributed by atoms with Crippen molar-refractivity contribution in [2.75, 3.05) is 0 Å². The molecule has 0 amide bonds. The van der Waals surface area contributed by atoms with Crippen LogP contribution in [0.1, 0.15) is 25.5 Å². The van der Waals surface area contributed by atoms with Crippen molar-refractivity contribution >= 4 is 11.6 Å². The molecule has 0 fully saturated rings. The first-order valence-corrected chi connectivity index (χ1v) is 5.68. The topological polar surface area (TPSA) is 47.8 Å². The summed E-state index contributed by atoms with van der Waals surface area (Å²) in [5, 5.41) is 0.155. The van der Waals surface area contributed by atoms with Gasteiger partial charge >= 0.3 is 0 Å². The molecular weight excluding hydrogens is 238 g/mol. The lowest BCUT2D eigenvalue weighted by Gasteiger charge is -2.08. The van der Waals surface area contributed by atoms with Crippen LogP contribution in [0, 0.1) is 0 Å². The molecule has 0 saturated carbocycles. The molecule has 0 unspecified atom stereocenters. The highest BCUT2D eigenvalue weighted by molar-refractivity contribution is 6.28. The van der Waals surface area contributed by atoms with Crippen LogP contribution in [0.5, 0.6) is 0 Å². The standard InChI is InChI=1S/C12H12ClN3O/c1-8(2)9-7-10(15-12(13)14-9)16-6-4-3-5-11(16)17/h3-8H,1-2H3. The van der Waals surface area contributed by atoms with E-state index in [1.807, 2.05) is 13.8 Å². The Morgan fingerprint density at radius 3 is 2.71 bits per heavy atom. The summed E-state index contributed by atoms with van der Waals surface area (Å²) in [4.78, 5) is 19.9. The second kappa shape index (κ2) is 4.67. The zero-order valence-electron chi connectivity index (χ0n) is 9.59. The quantitative estimate of drug-likeness (QED) is 0.768. The fourth-order valence-corrected chi connectivity index (χ4v) is 1.64. The molecule has 17 heavy (non-hydrogen) atoms. The predicted molar refractivity (Wildman–Crippen MR) is 66.7 cm³/mol. The van der Waals surface area contributed by atoms with Gasteiger partial charge in [0.15, 0.2) is 0 Å². The highest BCUT2D eigenvalue weighted by Gasteiger charge is 2.08. The van der Waals surface area contributed by atoms with Crippen LogP contribution < -0.4 is 5.56 Å². The number of hydrogen-bond donors (Lipinski definition) is 0. The molecule has 0 aliphatic heterocycles. The summed E-state index contributed by atoms with van der Waals surface area (Å²) in [5.41, 5.74) is 0.674. The van der Waals surface area contributed by atoms with E-state index < -0.39 is 0 Å². The Balaban J connectivity index is 2.60. The minimum absolute atomic E-state index is 0.142. The maximum absolute atomic E-state index is 11.7. The van der Waals surface area contributed by atoms with Gasteiger partial charge in [-0.2, -0.15) is 4.98 Å². The molecule has 2 aromatic heterocycles. The second-order valence-corrected chi connectivity index (χ2v) is 4.32. The van der Waals surface area contributed by atoms with Crippen LogP contribution in [0.4, 0.5) is 0 Å². The van der Waals surface area contributed by atoms with E-state index in [0.717, 1.165) is 5.69 Å². The van der Waals surface area contributed by atoms with Crippen LogP contribution >= 0.6 is 11.6 Å². The molecule has 0 radical (unpaired) electrons. The Morgan fingerprint density at radius 1 is 1.29 bits per heavy atom. The summed E-state index contributed by atoms with van der Waals surface area (Å²) in [6, 6.07) is 6.71. The van der Waals surface area contributed by atoms with Crippen LogP contribution in [0.3, 0.4) is 0 Å². The summed E-state index contributed by atoms with van der Waals surface area (Å²) in [5.74, 6) is 0.730. The molecule has 0 aliphatic carbocycles. The van der Waals surface area contributed by atoms with Crippen molar-refractivity contribution in [3.63, 3.8) is 0 Å². The molecule has 2 heterocycles. The van der Waals surface area contributed by atoms with Gasteiger partial charge in [-0.3, -0.25) is 9.36 Å². The minimum Gasteiger partial charge on any atom is -0.269 e. The second-order valence-electron chi connectivity index (χ2n) is 3.98. The van der Waals surface area contributed by atoms with Crippen molar-refractivity contribution < 1.29 is 0 Å². The van der Waals surface area contributed by atoms with Crippen molar-refractivity contribution in [1.82, 2.24) is 14.5 Å². The molecule has 5 heteroatoms. The van der Waals surface area contributed by atoms with E-state index in [9.17, 15) is 4.79 Å². The van der Waals surface area contributed by atoms with Gasteiger partial charge in [-0.25, -0.2) is 4.98 Å². The molecule has 2 aromatic rings. The van der Waals surface area contributed by atoms with Gasteiger partial charge in [0.2, 0.25) is 5.28 Å². The smallest absolute Gasteiger partial charge is 0.256 e. The molecule has 88 valence electrons. The van der Waals surface area contributed by atoms with Gasteiger partial charge in [0.25, 0.3) is 5.56 Å². The summed E-state index contributed by atoms with van der Waals surface area (Å²) in [6.07, 6.45) is 1.66. The minimum atomic E-state index is -0.142. The molecule has 0 aliphatic rings. The summed E-state index contributed by atoms with van der Waals surface area (Å²) in [7, 11) is 0. The van der Waals surface area contributed by atoms with E-state index in [4.69, 9.17) is 11.6 Å². The largest absolute Gasteiger partial charge is 0.269 e. The lowest BCUT2D eigenvalue weighted by atomic mass is 10.1. The number of nitrogens with zero attached hydrogens (tertiary/aromatic N) is 3. The highest BCUT2D eigenvalue weighted by atomic mass is 35.5. The summed E-state index contributed by atoms with van der Waals surface area (Å²) >= 11 is 5.86. The maximum Gasteiger partial charge on any atom is 0.256 e. The van der Waals surface area contributed by atoms with Gasteiger partial charge in [0.05, 0.1) is 5.69 Å². The first-order chi connectivity index (χ1) is 8.08. The molecule has 0 N–H and O–H groups in total. The number of aromatic nitrogens is 3. The Hall–Kier alpha value is -1.68. The maximum atomic E-state index is 11.7. The van der Waals surface area contributed by atoms with E-state index >= 15 is 0 Å². The molecule has 2 rings (SSSR count). The van der Waals surface area contributed by atoms with Crippen LogP contribution in [0.2, 0.25) is 5.28 Å². The molecule has 4 nitrogen and oxygen atoms in total. The fourth-order valence-electron chi connectivity index (χ4n) is 1.46. The third kappa shape index (κ3) is 2.53. The van der Waals surface area contributed by atoms with E-state index in [0.29, 0.717) is 5.82 Å². The third-order valence-corrected chi connectivity index (χ3v) is 2.54. The Kier molecular flexibility index (Phi) is 3.24. The number of rotatable bonds is 2. The zero-order chi connectivity index (χ0) is 12.4. The molecular formula is C12H12ClN3O. The lowest BCUT2D eigenvalue weighted by molar-refractivity contribution is 0.801. The molecule has 0 bridgehead atoms. The lowest BCUT2D eigenvalue weighted by Crippen LogP contribution is -2.17. The van der Waals surface area contributed by atoms with Crippen LogP contribution in [-0.2, 0) is 0 Å². The van der Waals surface area contributed by atoms with Crippen LogP contribution in [0.25, 0.3) is 5.82 Å². The van der Waals surface area contributed by atoms with E-state index in [1.54, 1.807) is 24.4 Å². The van der Waals surface area contributed by atoms with Crippen molar-refractivity contribution in [2.45, 2.75) is 19.8 Å². The van der Waals surface area contributed by atoms with E-state index in [1.165, 1.54) is 10.6 Å². The molecule has 0 saturated heterocycles. The Bertz CT molecular complexity index is 592. The van der Waals surface area contributed by atoms with Crippen molar-refractivity contribution in [1.29, 1.82) is 0 Å². The number of hydrogen-bond acceptors (Lipinski definition) is 3. The monoisotopic (exact) mass is 249 g/mol. The number of halogens is 1. The Morgan fingerprint density at radius 2 is 2.06 bits per heavy atom. The van der Waals surface area contributed by atoms with E-state index in [-0.39, 0.29) is 16.8 Å². The van der Waals surface area contributed by atoms with Gasteiger partial charge in [-0.15, -0.1) is 0 Å². The van der Waals surface area contributed by atoms with Crippen LogP contribution in [-0.4, -0.2) is 14.5 Å². The molecule has 0 spiro atoms. The van der Waals surface area contributed by atoms with Crippen molar-refractivity contribution in [3.05, 3.63) is 51.8 Å². The number of pyridine rings is 1. The summed E-state index contributed by atoms with van der Waals surface area (Å²) < 4.78 is 1.44. The normalized spacial score (nSPS) is 10.8. The SMILES string of the molecule is CC(C)c1cc(-n2ccccc2=O)nc(Cl)n1. The predicted octanol–water partition coefficient (Wildman–Crippen LogP) is 2.40. The average molecular weight is 250 g/mol. The van der Waals surface area contributed by atoms with Crippen molar-refractivity contribution in [2.24, 2.45) is 0 Å². The Labute approximate surface area is 104 Å². The zero-order valence-corrected chi connectivity index (χ0v) is 10.3. The van der Waals surface area contributed by atoms with Gasteiger partial charge in [0.1, 0.15) is 5.82 Å². The summed E-state index contributed by atoms with van der Waals surface area (Å²) in [6.45, 7) is 4.02. The van der Waals surface area contributed by atoms with Gasteiger partial charge < -0.3 is 0 Å². The first-order valence-electron chi connectivity index (χ1n) is 5.30. The van der Waals surface area contributed by atoms with Crippen molar-refractivity contribution in [3.8, 4) is 5.82 Å². The highest BCUT2D eigenvalue weighted by Crippen LogP contribution is 2.16. The van der Waals surface area contributed by atoms with Crippen LogP contribution in [0.15, 0.2) is 35.3 Å².